The van der Waals surface area contributed by atoms with Gasteiger partial charge >= 0.3 is 0 Å². The van der Waals surface area contributed by atoms with Crippen molar-refractivity contribution in [2.24, 2.45) is 0 Å². The van der Waals surface area contributed by atoms with Gasteiger partial charge in [0, 0.05) is 22.8 Å². The van der Waals surface area contributed by atoms with Gasteiger partial charge in [0.05, 0.1) is 0 Å². The molecule has 0 spiro atoms. The molecule has 0 aliphatic carbocycles. The van der Waals surface area contributed by atoms with Crippen LogP contribution in [0.2, 0.25) is 5.02 Å². The zero-order chi connectivity index (χ0) is 14.8. The van der Waals surface area contributed by atoms with Crippen molar-refractivity contribution >= 4 is 17.3 Å². The molecule has 110 valence electrons. The fraction of sp³-hybridized carbons (Fsp3) is 0.368. The predicted octanol–water partition coefficient (Wildman–Crippen LogP) is 5.63. The molecule has 0 fully saturated rings. The lowest BCUT2D eigenvalue weighted by Crippen LogP contribution is -2.14. The standard InChI is InChI=1S/C19H22ClN/c1-3-6-17-13(2)11-15-8-5-10-21-19(15)18(17)14-7-4-9-16(20)12-14/h4,7,9,11-12,21H,3,5-6,8,10H2,1-2H3. The summed E-state index contributed by atoms with van der Waals surface area (Å²) in [6.45, 7) is 5.55. The molecule has 2 aromatic carbocycles. The van der Waals surface area contributed by atoms with Crippen molar-refractivity contribution in [3.05, 3.63) is 52.0 Å². The zero-order valence-corrected chi connectivity index (χ0v) is 13.6. The first-order chi connectivity index (χ1) is 10.2. The Labute approximate surface area is 132 Å². The number of halogens is 1. The van der Waals surface area contributed by atoms with Gasteiger partial charge in [-0.3, -0.25) is 0 Å². The molecule has 1 nitrogen and oxygen atoms in total. The molecular weight excluding hydrogens is 278 g/mol. The third-order valence-corrected chi connectivity index (χ3v) is 4.51. The van der Waals surface area contributed by atoms with E-state index in [-0.39, 0.29) is 0 Å². The molecule has 0 saturated heterocycles. The second-order valence-electron chi connectivity index (χ2n) is 5.87. The van der Waals surface area contributed by atoms with Crippen LogP contribution >= 0.6 is 11.6 Å². The van der Waals surface area contributed by atoms with E-state index in [0.29, 0.717) is 0 Å². The van der Waals surface area contributed by atoms with E-state index in [0.717, 1.165) is 24.4 Å². The molecule has 1 aliphatic heterocycles. The minimum Gasteiger partial charge on any atom is -0.384 e. The van der Waals surface area contributed by atoms with Crippen LogP contribution in [0.15, 0.2) is 30.3 Å². The molecule has 3 rings (SSSR count). The largest absolute Gasteiger partial charge is 0.384 e. The molecule has 0 bridgehead atoms. The highest BCUT2D eigenvalue weighted by Gasteiger charge is 2.19. The number of fused-ring (bicyclic) bond motifs is 1. The SMILES string of the molecule is CCCc1c(C)cc2c(c1-c1cccc(Cl)c1)NCCC2. The van der Waals surface area contributed by atoms with Crippen molar-refractivity contribution in [2.45, 2.75) is 39.5 Å². The fourth-order valence-electron chi connectivity index (χ4n) is 3.36. The highest BCUT2D eigenvalue weighted by atomic mass is 35.5. The molecule has 0 amide bonds. The maximum Gasteiger partial charge on any atom is 0.0455 e. The Hall–Kier alpha value is -1.47. The lowest BCUT2D eigenvalue weighted by atomic mass is 9.86. The van der Waals surface area contributed by atoms with Crippen molar-refractivity contribution in [2.75, 3.05) is 11.9 Å². The zero-order valence-electron chi connectivity index (χ0n) is 12.8. The maximum atomic E-state index is 6.23. The normalized spacial score (nSPS) is 13.7. The molecule has 0 aromatic heterocycles. The molecule has 2 aromatic rings. The quantitative estimate of drug-likeness (QED) is 0.775. The summed E-state index contributed by atoms with van der Waals surface area (Å²) in [5.41, 5.74) is 8.27. The van der Waals surface area contributed by atoms with Crippen molar-refractivity contribution in [3.63, 3.8) is 0 Å². The summed E-state index contributed by atoms with van der Waals surface area (Å²) < 4.78 is 0. The summed E-state index contributed by atoms with van der Waals surface area (Å²) >= 11 is 6.23. The van der Waals surface area contributed by atoms with E-state index < -0.39 is 0 Å². The fourth-order valence-corrected chi connectivity index (χ4v) is 3.55. The number of anilines is 1. The molecule has 1 heterocycles. The first kappa shape index (κ1) is 14.5. The third-order valence-electron chi connectivity index (χ3n) is 4.28. The summed E-state index contributed by atoms with van der Waals surface area (Å²) in [6.07, 6.45) is 4.66. The predicted molar refractivity (Wildman–Crippen MR) is 92.4 cm³/mol. The number of rotatable bonds is 3. The van der Waals surface area contributed by atoms with Gasteiger partial charge in [0.15, 0.2) is 0 Å². The van der Waals surface area contributed by atoms with Crippen LogP contribution in [0.4, 0.5) is 5.69 Å². The van der Waals surface area contributed by atoms with Crippen molar-refractivity contribution in [1.82, 2.24) is 0 Å². The Bertz CT molecular complexity index is 661. The van der Waals surface area contributed by atoms with E-state index in [1.54, 1.807) is 0 Å². The van der Waals surface area contributed by atoms with Gasteiger partial charge in [-0.05, 0) is 60.6 Å². The lowest BCUT2D eigenvalue weighted by Gasteiger charge is -2.26. The Morgan fingerprint density at radius 1 is 1.24 bits per heavy atom. The van der Waals surface area contributed by atoms with Crippen LogP contribution in [0.25, 0.3) is 11.1 Å². The minimum absolute atomic E-state index is 0.806. The van der Waals surface area contributed by atoms with E-state index in [9.17, 15) is 0 Å². The Morgan fingerprint density at radius 2 is 2.10 bits per heavy atom. The van der Waals surface area contributed by atoms with E-state index in [1.807, 2.05) is 12.1 Å². The van der Waals surface area contributed by atoms with Crippen LogP contribution in [0.1, 0.15) is 36.5 Å². The van der Waals surface area contributed by atoms with E-state index in [2.05, 4.69) is 37.4 Å². The summed E-state index contributed by atoms with van der Waals surface area (Å²) in [5, 5.41) is 4.44. The lowest BCUT2D eigenvalue weighted by molar-refractivity contribution is 0.824. The summed E-state index contributed by atoms with van der Waals surface area (Å²) in [5.74, 6) is 0. The molecule has 0 saturated carbocycles. The average Bonchev–Trinajstić information content (AvgIpc) is 2.48. The van der Waals surface area contributed by atoms with Crippen LogP contribution in [-0.2, 0) is 12.8 Å². The summed E-state index contributed by atoms with van der Waals surface area (Å²) in [4.78, 5) is 0. The molecular formula is C19H22ClN. The summed E-state index contributed by atoms with van der Waals surface area (Å²) in [7, 11) is 0. The second kappa shape index (κ2) is 6.11. The van der Waals surface area contributed by atoms with E-state index >= 15 is 0 Å². The highest BCUT2D eigenvalue weighted by molar-refractivity contribution is 6.30. The van der Waals surface area contributed by atoms with Crippen LogP contribution in [0.3, 0.4) is 0 Å². The maximum absolute atomic E-state index is 6.23. The first-order valence-corrected chi connectivity index (χ1v) is 8.23. The van der Waals surface area contributed by atoms with Crippen molar-refractivity contribution in [1.29, 1.82) is 0 Å². The van der Waals surface area contributed by atoms with Gasteiger partial charge in [0.2, 0.25) is 0 Å². The van der Waals surface area contributed by atoms with Crippen LogP contribution < -0.4 is 5.32 Å². The number of benzene rings is 2. The molecule has 21 heavy (non-hydrogen) atoms. The topological polar surface area (TPSA) is 12.0 Å². The van der Waals surface area contributed by atoms with Crippen LogP contribution in [-0.4, -0.2) is 6.54 Å². The number of nitrogens with one attached hydrogen (secondary N) is 1. The number of aryl methyl sites for hydroxylation is 2. The molecule has 0 radical (unpaired) electrons. The highest BCUT2D eigenvalue weighted by Crippen LogP contribution is 2.40. The van der Waals surface area contributed by atoms with Gasteiger partial charge in [-0.25, -0.2) is 0 Å². The van der Waals surface area contributed by atoms with Gasteiger partial charge in [-0.1, -0.05) is 43.1 Å². The Kier molecular flexibility index (Phi) is 4.21. The molecule has 0 unspecified atom stereocenters. The van der Waals surface area contributed by atoms with Crippen molar-refractivity contribution in [3.8, 4) is 11.1 Å². The second-order valence-corrected chi connectivity index (χ2v) is 6.31. The molecule has 1 N–H and O–H groups in total. The molecule has 2 heteroatoms. The average molecular weight is 300 g/mol. The van der Waals surface area contributed by atoms with E-state index in [1.165, 1.54) is 46.3 Å². The number of hydrogen-bond donors (Lipinski definition) is 1. The molecule has 0 atom stereocenters. The minimum atomic E-state index is 0.806. The van der Waals surface area contributed by atoms with Gasteiger partial charge in [-0.2, -0.15) is 0 Å². The van der Waals surface area contributed by atoms with Gasteiger partial charge < -0.3 is 5.32 Å². The smallest absolute Gasteiger partial charge is 0.0455 e. The summed E-state index contributed by atoms with van der Waals surface area (Å²) in [6, 6.07) is 10.6. The van der Waals surface area contributed by atoms with Crippen LogP contribution in [0, 0.1) is 6.92 Å². The van der Waals surface area contributed by atoms with E-state index in [4.69, 9.17) is 11.6 Å². The first-order valence-electron chi connectivity index (χ1n) is 7.86. The van der Waals surface area contributed by atoms with Crippen molar-refractivity contribution < 1.29 is 0 Å². The molecule has 1 aliphatic rings. The van der Waals surface area contributed by atoms with Crippen LogP contribution in [0.5, 0.6) is 0 Å². The Morgan fingerprint density at radius 3 is 2.86 bits per heavy atom. The third kappa shape index (κ3) is 2.80. The number of hydrogen-bond acceptors (Lipinski definition) is 1. The monoisotopic (exact) mass is 299 g/mol. The van der Waals surface area contributed by atoms with Gasteiger partial charge in [0.1, 0.15) is 0 Å². The van der Waals surface area contributed by atoms with Gasteiger partial charge in [-0.15, -0.1) is 0 Å². The Balaban J connectivity index is 2.26. The van der Waals surface area contributed by atoms with Gasteiger partial charge in [0.25, 0.3) is 0 Å².